The summed E-state index contributed by atoms with van der Waals surface area (Å²) in [5, 5.41) is 7.82. The molecule has 2 N–H and O–H groups in total. The number of thiophene rings is 1. The molecule has 0 saturated heterocycles. The summed E-state index contributed by atoms with van der Waals surface area (Å²) in [5.74, 6) is -0.615. The van der Waals surface area contributed by atoms with Crippen molar-refractivity contribution in [3.8, 4) is 0 Å². The number of carbonyl (C=O) groups is 2. The molecule has 154 valence electrons. The molecule has 1 heterocycles. The van der Waals surface area contributed by atoms with Gasteiger partial charge in [-0.15, -0.1) is 11.3 Å². The maximum Gasteiger partial charge on any atom is 0.268 e. The van der Waals surface area contributed by atoms with Crippen LogP contribution in [0.4, 0.5) is 0 Å². The summed E-state index contributed by atoms with van der Waals surface area (Å²) in [6.07, 6.45) is 2.46. The van der Waals surface area contributed by atoms with Crippen LogP contribution in [-0.2, 0) is 4.79 Å². The fourth-order valence-corrected chi connectivity index (χ4v) is 3.84. The Morgan fingerprint density at radius 3 is 2.37 bits per heavy atom. The van der Waals surface area contributed by atoms with Crippen LogP contribution in [0.25, 0.3) is 6.08 Å². The van der Waals surface area contributed by atoms with Gasteiger partial charge in [-0.05, 0) is 61.1 Å². The molecule has 3 aromatic rings. The van der Waals surface area contributed by atoms with Gasteiger partial charge in [0.15, 0.2) is 0 Å². The molecule has 0 fully saturated rings. The fraction of sp³-hybridized carbons (Fsp3) is 0.200. The van der Waals surface area contributed by atoms with Crippen molar-refractivity contribution in [2.24, 2.45) is 0 Å². The van der Waals surface area contributed by atoms with Gasteiger partial charge in [-0.3, -0.25) is 9.59 Å². The number of aryl methyl sites for hydroxylation is 2. The Morgan fingerprint density at radius 2 is 1.73 bits per heavy atom. The number of hydrogen-bond acceptors (Lipinski definition) is 3. The van der Waals surface area contributed by atoms with Gasteiger partial charge in [-0.2, -0.15) is 0 Å². The normalized spacial score (nSPS) is 12.3. The molecular formula is C25H26N2O2S. The van der Waals surface area contributed by atoms with E-state index < -0.39 is 0 Å². The third kappa shape index (κ3) is 5.45. The highest BCUT2D eigenvalue weighted by Gasteiger charge is 2.19. The fourth-order valence-electron chi connectivity index (χ4n) is 3.19. The lowest BCUT2D eigenvalue weighted by Crippen LogP contribution is -2.37. The predicted octanol–water partition coefficient (Wildman–Crippen LogP) is 5.40. The number of rotatable bonds is 7. The van der Waals surface area contributed by atoms with E-state index in [1.54, 1.807) is 18.2 Å². The van der Waals surface area contributed by atoms with E-state index in [-0.39, 0.29) is 23.6 Å². The molecule has 0 radical (unpaired) electrons. The van der Waals surface area contributed by atoms with Crippen LogP contribution in [0.2, 0.25) is 0 Å². The zero-order valence-electron chi connectivity index (χ0n) is 17.4. The Balaban J connectivity index is 1.84. The second-order valence-corrected chi connectivity index (χ2v) is 8.16. The summed E-state index contributed by atoms with van der Waals surface area (Å²) in [5.41, 5.74) is 4.01. The van der Waals surface area contributed by atoms with Gasteiger partial charge < -0.3 is 10.6 Å². The standard InChI is InChI=1S/C25H26N2O2S/c1-4-22(21-10-6-5-8-18(21)3)26-25(29)23(16-20-9-7-15-30-20)27-24(28)19-13-11-17(2)12-14-19/h5-16,22H,4H2,1-3H3,(H,26,29)(H,27,28)/b23-16-/t22-/m0/s1. The molecule has 0 unspecified atom stereocenters. The summed E-state index contributed by atoms with van der Waals surface area (Å²) < 4.78 is 0. The molecule has 0 aliphatic rings. The molecule has 0 aliphatic heterocycles. The van der Waals surface area contributed by atoms with Crippen molar-refractivity contribution in [3.63, 3.8) is 0 Å². The van der Waals surface area contributed by atoms with Crippen LogP contribution < -0.4 is 10.6 Å². The van der Waals surface area contributed by atoms with E-state index in [0.717, 1.165) is 28.0 Å². The number of carbonyl (C=O) groups excluding carboxylic acids is 2. The van der Waals surface area contributed by atoms with Crippen LogP contribution in [0.5, 0.6) is 0 Å². The Bertz CT molecular complexity index is 1040. The number of benzene rings is 2. The highest BCUT2D eigenvalue weighted by atomic mass is 32.1. The van der Waals surface area contributed by atoms with Crippen LogP contribution in [0.15, 0.2) is 71.7 Å². The smallest absolute Gasteiger partial charge is 0.268 e. The van der Waals surface area contributed by atoms with Crippen molar-refractivity contribution in [3.05, 3.63) is 98.9 Å². The maximum absolute atomic E-state index is 13.2. The Morgan fingerprint density at radius 1 is 1.00 bits per heavy atom. The van der Waals surface area contributed by atoms with E-state index in [9.17, 15) is 9.59 Å². The van der Waals surface area contributed by atoms with Crippen LogP contribution in [0, 0.1) is 13.8 Å². The van der Waals surface area contributed by atoms with E-state index in [2.05, 4.69) is 10.6 Å². The van der Waals surface area contributed by atoms with Crippen molar-refractivity contribution in [2.75, 3.05) is 0 Å². The van der Waals surface area contributed by atoms with Crippen LogP contribution >= 0.6 is 11.3 Å². The molecular weight excluding hydrogens is 392 g/mol. The molecule has 0 spiro atoms. The summed E-state index contributed by atoms with van der Waals surface area (Å²) >= 11 is 1.51. The minimum Gasteiger partial charge on any atom is -0.344 e. The van der Waals surface area contributed by atoms with Crippen molar-refractivity contribution < 1.29 is 9.59 Å². The second-order valence-electron chi connectivity index (χ2n) is 7.18. The first-order chi connectivity index (χ1) is 14.5. The predicted molar refractivity (Wildman–Crippen MR) is 123 cm³/mol. The zero-order chi connectivity index (χ0) is 21.5. The van der Waals surface area contributed by atoms with Gasteiger partial charge in [0, 0.05) is 10.4 Å². The molecule has 4 nitrogen and oxygen atoms in total. The average molecular weight is 419 g/mol. The summed E-state index contributed by atoms with van der Waals surface area (Å²) in [6, 6.07) is 19.0. The molecule has 5 heteroatoms. The van der Waals surface area contributed by atoms with Gasteiger partial charge in [0.25, 0.3) is 11.8 Å². The van der Waals surface area contributed by atoms with Gasteiger partial charge in [0.05, 0.1) is 6.04 Å². The SMILES string of the molecule is CC[C@H](NC(=O)/C(=C/c1cccs1)NC(=O)c1ccc(C)cc1)c1ccccc1C. The van der Waals surface area contributed by atoms with E-state index in [0.29, 0.717) is 5.56 Å². The topological polar surface area (TPSA) is 58.2 Å². The van der Waals surface area contributed by atoms with E-state index in [1.807, 2.05) is 74.7 Å². The molecule has 1 atom stereocenters. The van der Waals surface area contributed by atoms with Crippen molar-refractivity contribution in [2.45, 2.75) is 33.2 Å². The van der Waals surface area contributed by atoms with Crippen molar-refractivity contribution >= 4 is 29.2 Å². The minimum atomic E-state index is -0.308. The first-order valence-corrected chi connectivity index (χ1v) is 10.9. The monoisotopic (exact) mass is 418 g/mol. The van der Waals surface area contributed by atoms with Crippen molar-refractivity contribution in [1.82, 2.24) is 10.6 Å². The molecule has 2 amide bonds. The first-order valence-electron chi connectivity index (χ1n) is 9.97. The molecule has 3 rings (SSSR count). The highest BCUT2D eigenvalue weighted by Crippen LogP contribution is 2.21. The highest BCUT2D eigenvalue weighted by molar-refractivity contribution is 7.10. The lowest BCUT2D eigenvalue weighted by molar-refractivity contribution is -0.118. The second kappa shape index (κ2) is 10.0. The maximum atomic E-state index is 13.2. The number of amides is 2. The van der Waals surface area contributed by atoms with E-state index >= 15 is 0 Å². The van der Waals surface area contributed by atoms with Crippen LogP contribution in [-0.4, -0.2) is 11.8 Å². The lowest BCUT2D eigenvalue weighted by atomic mass is 9.99. The molecule has 0 bridgehead atoms. The molecule has 0 saturated carbocycles. The molecule has 0 aliphatic carbocycles. The third-order valence-electron chi connectivity index (χ3n) is 4.91. The summed E-state index contributed by atoms with van der Waals surface area (Å²) in [7, 11) is 0. The van der Waals surface area contributed by atoms with Gasteiger partial charge >= 0.3 is 0 Å². The minimum absolute atomic E-state index is 0.137. The van der Waals surface area contributed by atoms with E-state index in [4.69, 9.17) is 0 Å². The van der Waals surface area contributed by atoms with Crippen molar-refractivity contribution in [1.29, 1.82) is 0 Å². The number of hydrogen-bond donors (Lipinski definition) is 2. The zero-order valence-corrected chi connectivity index (χ0v) is 18.3. The Kier molecular flexibility index (Phi) is 7.20. The summed E-state index contributed by atoms with van der Waals surface area (Å²) in [6.45, 7) is 6.03. The first kappa shape index (κ1) is 21.5. The van der Waals surface area contributed by atoms with Gasteiger partial charge in [0.2, 0.25) is 0 Å². The van der Waals surface area contributed by atoms with Crippen LogP contribution in [0.1, 0.15) is 51.3 Å². The molecule has 2 aromatic carbocycles. The Labute approximate surface area is 181 Å². The largest absolute Gasteiger partial charge is 0.344 e. The third-order valence-corrected chi connectivity index (χ3v) is 5.73. The van der Waals surface area contributed by atoms with Crippen LogP contribution in [0.3, 0.4) is 0 Å². The quantitative estimate of drug-likeness (QED) is 0.505. The lowest BCUT2D eigenvalue weighted by Gasteiger charge is -2.20. The van der Waals surface area contributed by atoms with Gasteiger partial charge in [0.1, 0.15) is 5.70 Å². The number of nitrogens with one attached hydrogen (secondary N) is 2. The van der Waals surface area contributed by atoms with Gasteiger partial charge in [-0.1, -0.05) is 55.0 Å². The van der Waals surface area contributed by atoms with Gasteiger partial charge in [-0.25, -0.2) is 0 Å². The Hall–Kier alpha value is -3.18. The van der Waals surface area contributed by atoms with E-state index in [1.165, 1.54) is 11.3 Å². The molecule has 1 aromatic heterocycles. The summed E-state index contributed by atoms with van der Waals surface area (Å²) in [4.78, 5) is 26.8. The average Bonchev–Trinajstić information content (AvgIpc) is 3.25. The molecule has 30 heavy (non-hydrogen) atoms.